The van der Waals surface area contributed by atoms with Crippen LogP contribution in [0.3, 0.4) is 0 Å². The van der Waals surface area contributed by atoms with Gasteiger partial charge in [0, 0.05) is 12.2 Å². The summed E-state index contributed by atoms with van der Waals surface area (Å²) < 4.78 is 0. The average molecular weight is 242 g/mol. The minimum Gasteiger partial charge on any atom is -0.480 e. The lowest BCUT2D eigenvalue weighted by Crippen LogP contribution is -2.49. The summed E-state index contributed by atoms with van der Waals surface area (Å²) in [6.45, 7) is 0. The second kappa shape index (κ2) is 5.42. The van der Waals surface area contributed by atoms with Crippen molar-refractivity contribution in [2.75, 3.05) is 5.75 Å². The van der Waals surface area contributed by atoms with Gasteiger partial charge in [0.2, 0.25) is 5.91 Å². The largest absolute Gasteiger partial charge is 0.480 e. The topological polar surface area (TPSA) is 95.5 Å². The van der Waals surface area contributed by atoms with Gasteiger partial charge in [0.15, 0.2) is 0 Å². The Kier molecular flexibility index (Phi) is 4.19. The van der Waals surface area contributed by atoms with Crippen LogP contribution in [0.5, 0.6) is 0 Å². The van der Waals surface area contributed by atoms with E-state index in [1.807, 2.05) is 0 Å². The molecule has 0 aromatic carbocycles. The third-order valence-corrected chi connectivity index (χ3v) is 2.81. The quantitative estimate of drug-likeness (QED) is 0.572. The molecule has 0 aromatic rings. The van der Waals surface area contributed by atoms with Gasteiger partial charge < -0.3 is 15.7 Å². The lowest BCUT2D eigenvalue weighted by molar-refractivity contribution is -0.141. The van der Waals surface area contributed by atoms with Crippen LogP contribution in [-0.4, -0.2) is 40.1 Å². The molecule has 0 bridgehead atoms. The fraction of sp³-hybridized carbons (Fsp3) is 0.444. The Bertz CT molecular complexity index is 363. The molecule has 2 atom stereocenters. The van der Waals surface area contributed by atoms with Crippen LogP contribution in [0.1, 0.15) is 6.42 Å². The number of hydrogen-bond acceptors (Lipinski definition) is 4. The zero-order valence-corrected chi connectivity index (χ0v) is 9.04. The zero-order chi connectivity index (χ0) is 12.1. The highest BCUT2D eigenvalue weighted by Crippen LogP contribution is 2.13. The van der Waals surface area contributed by atoms with Crippen LogP contribution < -0.4 is 10.6 Å². The van der Waals surface area contributed by atoms with Gasteiger partial charge in [0.05, 0.1) is 0 Å². The number of carbonyl (C=O) groups is 3. The van der Waals surface area contributed by atoms with E-state index in [2.05, 4.69) is 16.6 Å². The first-order chi connectivity index (χ1) is 7.54. The molecule has 0 saturated carbocycles. The van der Waals surface area contributed by atoms with E-state index >= 15 is 0 Å². The van der Waals surface area contributed by atoms with E-state index in [0.717, 1.165) is 11.8 Å². The smallest absolute Gasteiger partial charge is 0.327 e. The minimum absolute atomic E-state index is 0.0884. The van der Waals surface area contributed by atoms with Gasteiger partial charge in [0.1, 0.15) is 12.1 Å². The molecule has 1 heterocycles. The van der Waals surface area contributed by atoms with Crippen molar-refractivity contribution >= 4 is 28.9 Å². The number of aliphatic carboxylic acids is 1. The van der Waals surface area contributed by atoms with Crippen molar-refractivity contribution < 1.29 is 19.5 Å². The van der Waals surface area contributed by atoms with Crippen molar-refractivity contribution in [2.24, 2.45) is 0 Å². The maximum Gasteiger partial charge on any atom is 0.327 e. The van der Waals surface area contributed by atoms with Gasteiger partial charge in [-0.25, -0.2) is 4.79 Å². The summed E-state index contributed by atoms with van der Waals surface area (Å²) in [5.74, 6) is 0.746. The van der Waals surface area contributed by atoms with Crippen LogP contribution in [0.2, 0.25) is 0 Å². The second-order valence-electron chi connectivity index (χ2n) is 3.10. The SMILES string of the molecule is C#CCC(NC(=O)C1CSC(=O)N1)C(=O)O. The summed E-state index contributed by atoms with van der Waals surface area (Å²) in [5.41, 5.74) is 0. The number of thioether (sulfide) groups is 1. The van der Waals surface area contributed by atoms with Crippen molar-refractivity contribution in [2.45, 2.75) is 18.5 Å². The van der Waals surface area contributed by atoms with Crippen LogP contribution >= 0.6 is 11.8 Å². The monoisotopic (exact) mass is 242 g/mol. The van der Waals surface area contributed by atoms with Gasteiger partial charge in [-0.2, -0.15) is 0 Å². The first-order valence-corrected chi connectivity index (χ1v) is 5.43. The fourth-order valence-electron chi connectivity index (χ4n) is 1.12. The van der Waals surface area contributed by atoms with E-state index in [1.165, 1.54) is 0 Å². The van der Waals surface area contributed by atoms with Crippen LogP contribution in [-0.2, 0) is 9.59 Å². The van der Waals surface area contributed by atoms with E-state index in [4.69, 9.17) is 11.5 Å². The summed E-state index contributed by atoms with van der Waals surface area (Å²) >= 11 is 0.984. The molecule has 7 heteroatoms. The second-order valence-corrected chi connectivity index (χ2v) is 4.10. The third-order valence-electron chi connectivity index (χ3n) is 1.93. The maximum atomic E-state index is 11.5. The number of carboxylic acids is 1. The van der Waals surface area contributed by atoms with Gasteiger partial charge in [0.25, 0.3) is 5.24 Å². The summed E-state index contributed by atoms with van der Waals surface area (Å²) in [4.78, 5) is 33.0. The lowest BCUT2D eigenvalue weighted by atomic mass is 10.2. The van der Waals surface area contributed by atoms with E-state index in [9.17, 15) is 14.4 Å². The summed E-state index contributed by atoms with van der Waals surface area (Å²) in [7, 11) is 0. The Hall–Kier alpha value is -1.68. The molecule has 6 nitrogen and oxygen atoms in total. The number of hydrogen-bond donors (Lipinski definition) is 3. The molecule has 86 valence electrons. The van der Waals surface area contributed by atoms with Gasteiger partial charge in [-0.05, 0) is 0 Å². The molecule has 1 rings (SSSR count). The highest BCUT2D eigenvalue weighted by Gasteiger charge is 2.30. The van der Waals surface area contributed by atoms with Crippen molar-refractivity contribution in [3.63, 3.8) is 0 Å². The lowest BCUT2D eigenvalue weighted by Gasteiger charge is -2.14. The van der Waals surface area contributed by atoms with Crippen LogP contribution in [0.15, 0.2) is 0 Å². The van der Waals surface area contributed by atoms with Crippen LogP contribution in [0.25, 0.3) is 0 Å². The van der Waals surface area contributed by atoms with Gasteiger partial charge in [-0.1, -0.05) is 11.8 Å². The number of terminal acetylenes is 1. The maximum absolute atomic E-state index is 11.5. The highest BCUT2D eigenvalue weighted by molar-refractivity contribution is 8.14. The Labute approximate surface area is 96.2 Å². The predicted octanol–water partition coefficient (Wildman–Crippen LogP) is -0.596. The van der Waals surface area contributed by atoms with Crippen molar-refractivity contribution in [1.29, 1.82) is 0 Å². The van der Waals surface area contributed by atoms with E-state index in [1.54, 1.807) is 0 Å². The van der Waals surface area contributed by atoms with Crippen molar-refractivity contribution in [3.8, 4) is 12.3 Å². The number of carbonyl (C=O) groups excluding carboxylic acids is 2. The molecular formula is C9H10N2O4S. The Morgan fingerprint density at radius 3 is 2.88 bits per heavy atom. The third kappa shape index (κ3) is 3.17. The van der Waals surface area contributed by atoms with Gasteiger partial charge >= 0.3 is 5.97 Å². The Morgan fingerprint density at radius 1 is 1.75 bits per heavy atom. The first-order valence-electron chi connectivity index (χ1n) is 4.44. The molecule has 16 heavy (non-hydrogen) atoms. The number of nitrogens with one attached hydrogen (secondary N) is 2. The molecule has 0 aliphatic carbocycles. The molecule has 3 N–H and O–H groups in total. The summed E-state index contributed by atoms with van der Waals surface area (Å²) in [5, 5.41) is 13.1. The highest BCUT2D eigenvalue weighted by atomic mass is 32.2. The average Bonchev–Trinajstić information content (AvgIpc) is 2.64. The molecule has 1 saturated heterocycles. The van der Waals surface area contributed by atoms with Crippen molar-refractivity contribution in [3.05, 3.63) is 0 Å². The molecule has 2 amide bonds. The Morgan fingerprint density at radius 2 is 2.44 bits per heavy atom. The number of rotatable bonds is 4. The van der Waals surface area contributed by atoms with Crippen LogP contribution in [0, 0.1) is 12.3 Å². The normalized spacial score (nSPS) is 20.7. The molecule has 0 aromatic heterocycles. The zero-order valence-electron chi connectivity index (χ0n) is 8.23. The summed E-state index contributed by atoms with van der Waals surface area (Å²) in [6, 6.07) is -1.79. The van der Waals surface area contributed by atoms with E-state index in [-0.39, 0.29) is 11.7 Å². The van der Waals surface area contributed by atoms with E-state index in [0.29, 0.717) is 5.75 Å². The van der Waals surface area contributed by atoms with Gasteiger partial charge in [-0.15, -0.1) is 12.3 Å². The standard InChI is InChI=1S/C9H10N2O4S/c1-2-3-5(8(13)14)10-7(12)6-4-16-9(15)11-6/h1,5-6H,3-4H2,(H,10,12)(H,11,15)(H,13,14). The Balaban J connectivity index is 2.52. The predicted molar refractivity (Wildman–Crippen MR) is 57.8 cm³/mol. The van der Waals surface area contributed by atoms with Gasteiger partial charge in [-0.3, -0.25) is 9.59 Å². The molecule has 2 unspecified atom stereocenters. The molecule has 1 aliphatic heterocycles. The minimum atomic E-state index is -1.19. The molecule has 0 radical (unpaired) electrons. The fourth-order valence-corrected chi connectivity index (χ4v) is 1.89. The van der Waals surface area contributed by atoms with Crippen molar-refractivity contribution in [1.82, 2.24) is 10.6 Å². The first kappa shape index (κ1) is 12.4. The molecule has 0 spiro atoms. The summed E-state index contributed by atoms with van der Waals surface area (Å²) in [6.07, 6.45) is 4.89. The van der Waals surface area contributed by atoms with Crippen LogP contribution in [0.4, 0.5) is 4.79 Å². The van der Waals surface area contributed by atoms with E-state index < -0.39 is 24.0 Å². The molecule has 1 fully saturated rings. The number of amides is 2. The molecular weight excluding hydrogens is 232 g/mol. The molecule has 1 aliphatic rings. The number of carboxylic acid groups (broad SMARTS) is 1.